The molecule has 2 aromatic rings. The molecule has 1 saturated carbocycles. The van der Waals surface area contributed by atoms with E-state index in [1.165, 1.54) is 10.4 Å². The Balaban J connectivity index is 1.88. The molecule has 0 spiro atoms. The normalized spacial score (nSPS) is 21.5. The summed E-state index contributed by atoms with van der Waals surface area (Å²) in [4.78, 5) is 12.9. The second-order valence-electron chi connectivity index (χ2n) is 10.3. The summed E-state index contributed by atoms with van der Waals surface area (Å²) < 4.78 is 12.9. The number of benzene rings is 2. The maximum Gasteiger partial charge on any atom is 0.312 e. The summed E-state index contributed by atoms with van der Waals surface area (Å²) in [6.07, 6.45) is 5.02. The van der Waals surface area contributed by atoms with Gasteiger partial charge in [-0.25, -0.2) is 0 Å². The Morgan fingerprint density at radius 2 is 1.52 bits per heavy atom. The van der Waals surface area contributed by atoms with Crippen LogP contribution in [0.2, 0.25) is 5.04 Å². The van der Waals surface area contributed by atoms with Crippen molar-refractivity contribution in [1.82, 2.24) is 0 Å². The zero-order valence-electron chi connectivity index (χ0n) is 20.6. The van der Waals surface area contributed by atoms with Gasteiger partial charge in [-0.3, -0.25) is 4.79 Å². The van der Waals surface area contributed by atoms with E-state index >= 15 is 0 Å². The third-order valence-electron chi connectivity index (χ3n) is 7.27. The molecule has 0 amide bonds. The molecule has 0 heterocycles. The molecular formula is C28H39ClO3Si. The number of hydrogen-bond donors (Lipinski definition) is 0. The molecule has 0 aromatic heterocycles. The molecular weight excluding hydrogens is 448 g/mol. The molecule has 0 radical (unpaired) electrons. The van der Waals surface area contributed by atoms with Crippen LogP contribution in [-0.4, -0.2) is 32.9 Å². The first-order valence-electron chi connectivity index (χ1n) is 12.3. The summed E-state index contributed by atoms with van der Waals surface area (Å²) in [6.45, 7) is 9.45. The summed E-state index contributed by atoms with van der Waals surface area (Å²) in [5.41, 5.74) is -0.391. The van der Waals surface area contributed by atoms with Gasteiger partial charge in [-0.1, -0.05) is 88.4 Å². The number of halogens is 1. The highest BCUT2D eigenvalue weighted by Crippen LogP contribution is 2.44. The molecule has 0 unspecified atom stereocenters. The van der Waals surface area contributed by atoms with Gasteiger partial charge in [0, 0.05) is 12.0 Å². The van der Waals surface area contributed by atoms with Gasteiger partial charge in [0.1, 0.15) is 0 Å². The van der Waals surface area contributed by atoms with E-state index in [1.54, 1.807) is 0 Å². The van der Waals surface area contributed by atoms with Gasteiger partial charge in [-0.15, -0.1) is 11.6 Å². The largest absolute Gasteiger partial charge is 0.465 e. The summed E-state index contributed by atoms with van der Waals surface area (Å²) in [5, 5.41) is 2.56. The van der Waals surface area contributed by atoms with E-state index in [1.807, 2.05) is 0 Å². The third-order valence-corrected chi connectivity index (χ3v) is 12.6. The van der Waals surface area contributed by atoms with Crippen molar-refractivity contribution in [1.29, 1.82) is 0 Å². The van der Waals surface area contributed by atoms with Crippen molar-refractivity contribution in [3.05, 3.63) is 60.7 Å². The van der Waals surface area contributed by atoms with Crippen molar-refractivity contribution in [3.63, 3.8) is 0 Å². The molecule has 0 atom stereocenters. The zero-order valence-corrected chi connectivity index (χ0v) is 22.4. The van der Waals surface area contributed by atoms with E-state index < -0.39 is 13.7 Å². The fourth-order valence-electron chi connectivity index (χ4n) is 5.28. The first-order valence-corrected chi connectivity index (χ1v) is 14.8. The lowest BCUT2D eigenvalue weighted by molar-refractivity contribution is -0.159. The maximum absolute atomic E-state index is 12.9. The number of carbonyl (C=O) groups excluding carboxylic acids is 1. The Bertz CT molecular complexity index is 832. The van der Waals surface area contributed by atoms with Gasteiger partial charge < -0.3 is 9.16 Å². The van der Waals surface area contributed by atoms with Crippen LogP contribution in [0.3, 0.4) is 0 Å². The number of ether oxygens (including phenoxy) is 1. The second kappa shape index (κ2) is 11.2. The van der Waals surface area contributed by atoms with Crippen LogP contribution < -0.4 is 10.4 Å². The predicted molar refractivity (Wildman–Crippen MR) is 140 cm³/mol. The molecule has 0 bridgehead atoms. The van der Waals surface area contributed by atoms with Crippen LogP contribution in [0, 0.1) is 5.41 Å². The second-order valence-corrected chi connectivity index (χ2v) is 14.9. The van der Waals surface area contributed by atoms with Crippen LogP contribution in [0.4, 0.5) is 0 Å². The highest BCUT2D eigenvalue weighted by molar-refractivity contribution is 6.99. The smallest absolute Gasteiger partial charge is 0.312 e. The van der Waals surface area contributed by atoms with Crippen LogP contribution in [-0.2, 0) is 14.0 Å². The molecule has 0 saturated heterocycles. The monoisotopic (exact) mass is 486 g/mol. The van der Waals surface area contributed by atoms with Crippen molar-refractivity contribution in [2.75, 3.05) is 12.5 Å². The predicted octanol–water partition coefficient (Wildman–Crippen LogP) is 6.07. The molecule has 1 aliphatic rings. The Hall–Kier alpha value is -1.62. The Morgan fingerprint density at radius 3 is 1.94 bits per heavy atom. The number of hydrogen-bond acceptors (Lipinski definition) is 3. The van der Waals surface area contributed by atoms with Crippen LogP contribution in [0.25, 0.3) is 0 Å². The van der Waals surface area contributed by atoms with E-state index in [2.05, 4.69) is 88.4 Å². The summed E-state index contributed by atoms with van der Waals surface area (Å²) in [7, 11) is -2.58. The van der Waals surface area contributed by atoms with Gasteiger partial charge >= 0.3 is 5.97 Å². The van der Waals surface area contributed by atoms with Crippen molar-refractivity contribution in [2.45, 2.75) is 77.4 Å². The first-order chi connectivity index (χ1) is 15.8. The molecule has 1 aliphatic carbocycles. The van der Waals surface area contributed by atoms with E-state index in [-0.39, 0.29) is 17.1 Å². The molecule has 33 heavy (non-hydrogen) atoms. The van der Waals surface area contributed by atoms with Gasteiger partial charge in [-0.2, -0.15) is 0 Å². The Kier molecular flexibility index (Phi) is 8.82. The van der Waals surface area contributed by atoms with Gasteiger partial charge in [0.05, 0.1) is 12.0 Å². The van der Waals surface area contributed by atoms with Crippen molar-refractivity contribution >= 4 is 36.3 Å². The number of alkyl halides is 1. The zero-order chi connectivity index (χ0) is 24.0. The lowest BCUT2D eigenvalue weighted by Crippen LogP contribution is -2.68. The third kappa shape index (κ3) is 5.55. The minimum absolute atomic E-state index is 0.0461. The van der Waals surface area contributed by atoms with Gasteiger partial charge in [-0.05, 0) is 53.9 Å². The number of carbonyl (C=O) groups is 1. The molecule has 5 heteroatoms. The van der Waals surface area contributed by atoms with Crippen LogP contribution >= 0.6 is 11.6 Å². The van der Waals surface area contributed by atoms with Gasteiger partial charge in [0.25, 0.3) is 8.32 Å². The maximum atomic E-state index is 12.9. The lowest BCUT2D eigenvalue weighted by atomic mass is 9.71. The highest BCUT2D eigenvalue weighted by Gasteiger charge is 2.52. The van der Waals surface area contributed by atoms with Crippen molar-refractivity contribution in [2.24, 2.45) is 5.41 Å². The standard InChI is InChI=1S/C28H39ClO3Si/c1-5-28(26(30)31-22-12-21-29)19-17-23(18-20-28)32-33(27(2,3)4,24-13-8-6-9-14-24)25-15-10-7-11-16-25/h6-11,13-16,23H,5,12,17-22H2,1-4H3. The fourth-order valence-corrected chi connectivity index (χ4v) is 10.1. The first kappa shape index (κ1) is 26.0. The molecule has 1 fully saturated rings. The average Bonchev–Trinajstić information content (AvgIpc) is 2.83. The minimum Gasteiger partial charge on any atom is -0.465 e. The molecule has 0 N–H and O–H groups in total. The highest BCUT2D eigenvalue weighted by atomic mass is 35.5. The van der Waals surface area contributed by atoms with Crippen LogP contribution in [0.5, 0.6) is 0 Å². The molecule has 3 nitrogen and oxygen atoms in total. The SMILES string of the molecule is CCC1(C(=O)OCCCCl)CCC(O[Si](c2ccccc2)(c2ccccc2)C(C)(C)C)CC1. The Morgan fingerprint density at radius 1 is 1.00 bits per heavy atom. The van der Waals surface area contributed by atoms with E-state index in [4.69, 9.17) is 20.8 Å². The number of esters is 1. The molecule has 3 rings (SSSR count). The quantitative estimate of drug-likeness (QED) is 0.186. The van der Waals surface area contributed by atoms with Crippen LogP contribution in [0.15, 0.2) is 60.7 Å². The average molecular weight is 487 g/mol. The van der Waals surface area contributed by atoms with Crippen molar-refractivity contribution < 1.29 is 14.0 Å². The molecule has 180 valence electrons. The van der Waals surface area contributed by atoms with E-state index in [0.717, 1.165) is 32.1 Å². The van der Waals surface area contributed by atoms with E-state index in [9.17, 15) is 4.79 Å². The molecule has 2 aromatic carbocycles. The number of rotatable bonds is 9. The summed E-state index contributed by atoms with van der Waals surface area (Å²) >= 11 is 5.75. The van der Waals surface area contributed by atoms with Crippen LogP contribution in [0.1, 0.15) is 66.2 Å². The summed E-state index contributed by atoms with van der Waals surface area (Å²) in [5.74, 6) is 0.458. The lowest BCUT2D eigenvalue weighted by Gasteiger charge is -2.47. The molecule has 0 aliphatic heterocycles. The minimum atomic E-state index is -2.58. The van der Waals surface area contributed by atoms with E-state index in [0.29, 0.717) is 18.9 Å². The van der Waals surface area contributed by atoms with Crippen molar-refractivity contribution in [3.8, 4) is 0 Å². The van der Waals surface area contributed by atoms with Gasteiger partial charge in [0.15, 0.2) is 0 Å². The van der Waals surface area contributed by atoms with Gasteiger partial charge in [0.2, 0.25) is 0 Å². The topological polar surface area (TPSA) is 35.5 Å². The summed E-state index contributed by atoms with van der Waals surface area (Å²) in [6, 6.07) is 21.6. The fraction of sp³-hybridized carbons (Fsp3) is 0.536. The Labute approximate surface area is 206 Å².